The standard InChI is InChI=1S/C12H18N2OS2/c1-15-9-2-3-11(13)12(6-9)14-7-10-8-16-4-5-17-10/h2-3,6,10,14H,4-5,7-8,13H2,1H3. The van der Waals surface area contributed by atoms with Crippen LogP contribution in [0.3, 0.4) is 0 Å². The van der Waals surface area contributed by atoms with Crippen molar-refractivity contribution in [2.45, 2.75) is 5.25 Å². The van der Waals surface area contributed by atoms with E-state index in [1.54, 1.807) is 7.11 Å². The SMILES string of the molecule is COc1ccc(N)c(NCC2CSCCS2)c1. The van der Waals surface area contributed by atoms with Crippen molar-refractivity contribution in [1.82, 2.24) is 0 Å². The smallest absolute Gasteiger partial charge is 0.121 e. The summed E-state index contributed by atoms with van der Waals surface area (Å²) in [6.45, 7) is 0.967. The van der Waals surface area contributed by atoms with Crippen molar-refractivity contribution in [3.05, 3.63) is 18.2 Å². The Morgan fingerprint density at radius 2 is 2.35 bits per heavy atom. The molecule has 2 rings (SSSR count). The first kappa shape index (κ1) is 12.8. The van der Waals surface area contributed by atoms with Gasteiger partial charge >= 0.3 is 0 Å². The maximum absolute atomic E-state index is 5.93. The minimum Gasteiger partial charge on any atom is -0.497 e. The Balaban J connectivity index is 1.92. The third kappa shape index (κ3) is 3.64. The molecule has 0 radical (unpaired) electrons. The van der Waals surface area contributed by atoms with Crippen LogP contribution in [0.5, 0.6) is 5.75 Å². The molecule has 1 saturated heterocycles. The molecule has 1 unspecified atom stereocenters. The number of hydrogen-bond acceptors (Lipinski definition) is 5. The fourth-order valence-corrected chi connectivity index (χ4v) is 4.31. The third-order valence-electron chi connectivity index (χ3n) is 2.67. The lowest BCUT2D eigenvalue weighted by atomic mass is 10.2. The van der Waals surface area contributed by atoms with Gasteiger partial charge in [0.15, 0.2) is 0 Å². The van der Waals surface area contributed by atoms with Crippen molar-refractivity contribution in [1.29, 1.82) is 0 Å². The molecule has 1 fully saturated rings. The van der Waals surface area contributed by atoms with Crippen LogP contribution in [-0.4, -0.2) is 36.2 Å². The van der Waals surface area contributed by atoms with Crippen LogP contribution in [0.25, 0.3) is 0 Å². The average Bonchev–Trinajstić information content (AvgIpc) is 2.39. The van der Waals surface area contributed by atoms with Crippen LogP contribution >= 0.6 is 23.5 Å². The predicted octanol–water partition coefficient (Wildman–Crippen LogP) is 2.54. The van der Waals surface area contributed by atoms with Gasteiger partial charge in [0.25, 0.3) is 0 Å². The number of benzene rings is 1. The highest BCUT2D eigenvalue weighted by atomic mass is 32.2. The van der Waals surface area contributed by atoms with Crippen molar-refractivity contribution in [3.8, 4) is 5.75 Å². The van der Waals surface area contributed by atoms with Gasteiger partial charge in [0.2, 0.25) is 0 Å². The van der Waals surface area contributed by atoms with Gasteiger partial charge in [-0.1, -0.05) is 0 Å². The van der Waals surface area contributed by atoms with Gasteiger partial charge in [-0.3, -0.25) is 0 Å². The van der Waals surface area contributed by atoms with Crippen LogP contribution in [0.4, 0.5) is 11.4 Å². The number of methoxy groups -OCH3 is 1. The van der Waals surface area contributed by atoms with Crippen LogP contribution in [0.2, 0.25) is 0 Å². The molecular weight excluding hydrogens is 252 g/mol. The average molecular weight is 270 g/mol. The summed E-state index contributed by atoms with van der Waals surface area (Å²) < 4.78 is 5.20. The minimum absolute atomic E-state index is 0.680. The lowest BCUT2D eigenvalue weighted by Gasteiger charge is -2.22. The minimum atomic E-state index is 0.680. The quantitative estimate of drug-likeness (QED) is 0.823. The van der Waals surface area contributed by atoms with E-state index in [0.29, 0.717) is 5.25 Å². The maximum Gasteiger partial charge on any atom is 0.121 e. The molecular formula is C12H18N2OS2. The normalized spacial score (nSPS) is 19.9. The second-order valence-corrected chi connectivity index (χ2v) is 6.46. The first-order valence-corrected chi connectivity index (χ1v) is 7.86. The molecule has 3 nitrogen and oxygen atoms in total. The van der Waals surface area contributed by atoms with Gasteiger partial charge in [-0.25, -0.2) is 0 Å². The number of nitrogens with two attached hydrogens (primary N) is 1. The van der Waals surface area contributed by atoms with Gasteiger partial charge in [0.1, 0.15) is 5.75 Å². The van der Waals surface area contributed by atoms with Crippen LogP contribution in [0, 0.1) is 0 Å². The lowest BCUT2D eigenvalue weighted by Crippen LogP contribution is -2.23. The monoisotopic (exact) mass is 270 g/mol. The van der Waals surface area contributed by atoms with Crippen LogP contribution in [0.1, 0.15) is 0 Å². The van der Waals surface area contributed by atoms with E-state index in [0.717, 1.165) is 23.7 Å². The van der Waals surface area contributed by atoms with Crippen molar-refractivity contribution in [2.24, 2.45) is 0 Å². The number of nitrogens with one attached hydrogen (secondary N) is 1. The van der Waals surface area contributed by atoms with Gasteiger partial charge < -0.3 is 15.8 Å². The van der Waals surface area contributed by atoms with Gasteiger partial charge in [-0.2, -0.15) is 23.5 Å². The van der Waals surface area contributed by atoms with Crippen molar-refractivity contribution >= 4 is 34.9 Å². The summed E-state index contributed by atoms with van der Waals surface area (Å²) in [5.74, 6) is 4.60. The highest BCUT2D eigenvalue weighted by Crippen LogP contribution is 2.27. The van der Waals surface area contributed by atoms with Gasteiger partial charge in [0, 0.05) is 35.1 Å². The zero-order valence-electron chi connectivity index (χ0n) is 9.94. The third-order valence-corrected chi connectivity index (χ3v) is 5.51. The van der Waals surface area contributed by atoms with E-state index in [1.807, 2.05) is 41.7 Å². The number of ether oxygens (including phenoxy) is 1. The van der Waals surface area contributed by atoms with E-state index in [2.05, 4.69) is 5.32 Å². The van der Waals surface area contributed by atoms with E-state index in [9.17, 15) is 0 Å². The Bertz CT molecular complexity index is 368. The van der Waals surface area contributed by atoms with Crippen LogP contribution in [-0.2, 0) is 0 Å². The molecule has 0 spiro atoms. The van der Waals surface area contributed by atoms with Gasteiger partial charge in [-0.05, 0) is 12.1 Å². The first-order valence-electron chi connectivity index (χ1n) is 5.66. The van der Waals surface area contributed by atoms with Gasteiger partial charge in [-0.15, -0.1) is 0 Å². The molecule has 1 aliphatic rings. The molecule has 3 N–H and O–H groups in total. The summed E-state index contributed by atoms with van der Waals surface area (Å²) >= 11 is 4.08. The van der Waals surface area contributed by atoms with Crippen LogP contribution < -0.4 is 15.8 Å². The number of thioether (sulfide) groups is 2. The van der Waals surface area contributed by atoms with E-state index in [-0.39, 0.29) is 0 Å². The maximum atomic E-state index is 5.93. The summed E-state index contributed by atoms with van der Waals surface area (Å²) in [4.78, 5) is 0. The summed E-state index contributed by atoms with van der Waals surface area (Å²) in [6.07, 6.45) is 0. The molecule has 5 heteroatoms. The summed E-state index contributed by atoms with van der Waals surface area (Å²) in [7, 11) is 1.67. The topological polar surface area (TPSA) is 47.3 Å². The van der Waals surface area contributed by atoms with Crippen molar-refractivity contribution in [2.75, 3.05) is 42.0 Å². The molecule has 0 bridgehead atoms. The molecule has 1 heterocycles. The number of hydrogen-bond donors (Lipinski definition) is 2. The van der Waals surface area contributed by atoms with Crippen LogP contribution in [0.15, 0.2) is 18.2 Å². The fraction of sp³-hybridized carbons (Fsp3) is 0.500. The number of nitrogen functional groups attached to an aromatic ring is 1. The summed E-state index contributed by atoms with van der Waals surface area (Å²) in [6, 6.07) is 5.71. The molecule has 1 atom stereocenters. The molecule has 0 amide bonds. The highest BCUT2D eigenvalue weighted by Gasteiger charge is 2.14. The van der Waals surface area contributed by atoms with E-state index >= 15 is 0 Å². The lowest BCUT2D eigenvalue weighted by molar-refractivity contribution is 0.415. The van der Waals surface area contributed by atoms with E-state index in [4.69, 9.17) is 10.5 Å². The largest absolute Gasteiger partial charge is 0.497 e. The number of anilines is 2. The molecule has 17 heavy (non-hydrogen) atoms. The van der Waals surface area contributed by atoms with Crippen molar-refractivity contribution in [3.63, 3.8) is 0 Å². The Hall–Kier alpha value is -0.680. The Kier molecular flexibility index (Phi) is 4.74. The Morgan fingerprint density at radius 3 is 3.06 bits per heavy atom. The van der Waals surface area contributed by atoms with E-state index in [1.165, 1.54) is 17.3 Å². The molecule has 94 valence electrons. The van der Waals surface area contributed by atoms with Crippen molar-refractivity contribution < 1.29 is 4.74 Å². The van der Waals surface area contributed by atoms with Gasteiger partial charge in [0.05, 0.1) is 18.5 Å². The molecule has 1 aromatic rings. The Morgan fingerprint density at radius 1 is 1.47 bits per heavy atom. The summed E-state index contributed by atoms with van der Waals surface area (Å²) in [5, 5.41) is 4.10. The Labute approximate surface area is 111 Å². The first-order chi connectivity index (χ1) is 8.29. The van der Waals surface area contributed by atoms with E-state index < -0.39 is 0 Å². The second kappa shape index (κ2) is 6.31. The summed E-state index contributed by atoms with van der Waals surface area (Å²) in [5.41, 5.74) is 7.68. The zero-order chi connectivity index (χ0) is 12.1. The highest BCUT2D eigenvalue weighted by molar-refractivity contribution is 8.06. The molecule has 0 aromatic heterocycles. The zero-order valence-corrected chi connectivity index (χ0v) is 11.6. The number of rotatable bonds is 4. The molecule has 0 aliphatic carbocycles. The predicted molar refractivity (Wildman–Crippen MR) is 79.5 cm³/mol. The molecule has 1 aromatic carbocycles. The molecule has 0 saturated carbocycles. The molecule has 1 aliphatic heterocycles. The second-order valence-electron chi connectivity index (χ2n) is 3.90. The fourth-order valence-electron chi connectivity index (χ4n) is 1.69.